The van der Waals surface area contributed by atoms with Crippen LogP contribution < -0.4 is 5.84 Å². The van der Waals surface area contributed by atoms with Crippen LogP contribution in [0.1, 0.15) is 39.5 Å². The van der Waals surface area contributed by atoms with Crippen LogP contribution in [0.5, 0.6) is 0 Å². The number of hydrazine groups is 1. The molecule has 158 valence electrons. The summed E-state index contributed by atoms with van der Waals surface area (Å²) in [5.41, 5.74) is 5.41. The fourth-order valence-electron chi connectivity index (χ4n) is 3.30. The fourth-order valence-corrected chi connectivity index (χ4v) is 3.85. The Balaban J connectivity index is 1.88. The van der Waals surface area contributed by atoms with Crippen LogP contribution in [0, 0.1) is 20.8 Å². The maximum atomic E-state index is 6.54. The second kappa shape index (κ2) is 8.64. The molecule has 0 fully saturated rings. The Kier molecular flexibility index (Phi) is 6.09. The summed E-state index contributed by atoms with van der Waals surface area (Å²) in [7, 11) is 0. The summed E-state index contributed by atoms with van der Waals surface area (Å²) in [4.78, 5) is 9.62. The Morgan fingerprint density at radius 2 is 1.26 bits per heavy atom. The van der Waals surface area contributed by atoms with E-state index in [-0.39, 0.29) is 0 Å². The van der Waals surface area contributed by atoms with E-state index in [0.717, 1.165) is 33.4 Å². The predicted octanol–water partition coefficient (Wildman–Crippen LogP) is 6.65. The van der Waals surface area contributed by atoms with Crippen LogP contribution in [-0.2, 0) is 0 Å². The lowest BCUT2D eigenvalue weighted by Crippen LogP contribution is -2.43. The number of nitrogens with two attached hydrogens (primary N) is 1. The minimum atomic E-state index is -0.513. The normalized spacial score (nSPS) is 16.2. The molecule has 1 aliphatic heterocycles. The zero-order valence-corrected chi connectivity index (χ0v) is 19.6. The molecular weight excluding hydrogens is 451 g/mol. The highest BCUT2D eigenvalue weighted by Gasteiger charge is 2.28. The third-order valence-corrected chi connectivity index (χ3v) is 6.54. The van der Waals surface area contributed by atoms with Crippen LogP contribution in [0.4, 0.5) is 0 Å². The first-order valence-electron chi connectivity index (χ1n) is 9.74. The van der Waals surface area contributed by atoms with Gasteiger partial charge in [-0.2, -0.15) is 0 Å². The summed E-state index contributed by atoms with van der Waals surface area (Å²) in [5, 5.41) is 3.50. The van der Waals surface area contributed by atoms with E-state index in [4.69, 9.17) is 50.6 Å². The van der Waals surface area contributed by atoms with Crippen molar-refractivity contribution in [1.82, 2.24) is 5.01 Å². The quantitative estimate of drug-likeness (QED) is 0.435. The molecule has 1 unspecified atom stereocenters. The average Bonchev–Trinajstić information content (AvgIpc) is 2.74. The minimum absolute atomic E-state index is 0.513. The molecule has 0 radical (unpaired) electrons. The Labute approximate surface area is 196 Å². The van der Waals surface area contributed by atoms with Crippen molar-refractivity contribution in [2.75, 3.05) is 0 Å². The molecule has 4 nitrogen and oxygen atoms in total. The van der Waals surface area contributed by atoms with E-state index < -0.39 is 6.17 Å². The first-order chi connectivity index (χ1) is 14.7. The Hall–Kier alpha value is -2.37. The third-order valence-electron chi connectivity index (χ3n) is 5.32. The van der Waals surface area contributed by atoms with Crippen molar-refractivity contribution in [3.05, 3.63) is 103 Å². The van der Waals surface area contributed by atoms with Crippen molar-refractivity contribution in [3.63, 3.8) is 0 Å². The van der Waals surface area contributed by atoms with Gasteiger partial charge in [-0.25, -0.2) is 15.8 Å². The molecular formula is C24H21Cl3N4. The van der Waals surface area contributed by atoms with E-state index in [1.165, 1.54) is 0 Å². The van der Waals surface area contributed by atoms with Gasteiger partial charge >= 0.3 is 0 Å². The van der Waals surface area contributed by atoms with Crippen LogP contribution in [0.15, 0.2) is 64.6 Å². The van der Waals surface area contributed by atoms with Gasteiger partial charge in [-0.1, -0.05) is 71.2 Å². The van der Waals surface area contributed by atoms with E-state index in [2.05, 4.69) is 0 Å². The molecule has 0 saturated heterocycles. The highest BCUT2D eigenvalue weighted by Crippen LogP contribution is 2.31. The van der Waals surface area contributed by atoms with Crippen LogP contribution >= 0.6 is 34.8 Å². The van der Waals surface area contributed by atoms with Gasteiger partial charge in [0.1, 0.15) is 0 Å². The molecule has 0 bridgehead atoms. The highest BCUT2D eigenvalue weighted by atomic mass is 35.5. The fraction of sp³-hybridized carbons (Fsp3) is 0.167. The lowest BCUT2D eigenvalue weighted by Gasteiger charge is -2.32. The van der Waals surface area contributed by atoms with Gasteiger partial charge in [0.2, 0.25) is 0 Å². The van der Waals surface area contributed by atoms with Gasteiger partial charge in [-0.15, -0.1) is 0 Å². The zero-order valence-electron chi connectivity index (χ0n) is 17.3. The molecule has 7 heteroatoms. The summed E-state index contributed by atoms with van der Waals surface area (Å²) in [5.74, 6) is 7.64. The first kappa shape index (κ1) is 21.8. The van der Waals surface area contributed by atoms with Gasteiger partial charge in [0.05, 0.1) is 0 Å². The van der Waals surface area contributed by atoms with Crippen LogP contribution in [0.3, 0.4) is 0 Å². The molecule has 0 spiro atoms. The molecule has 2 N–H and O–H groups in total. The third kappa shape index (κ3) is 4.35. The highest BCUT2D eigenvalue weighted by molar-refractivity contribution is 6.32. The van der Waals surface area contributed by atoms with Crippen molar-refractivity contribution in [2.45, 2.75) is 26.9 Å². The smallest absolute Gasteiger partial charge is 0.164 e. The van der Waals surface area contributed by atoms with Crippen molar-refractivity contribution < 1.29 is 0 Å². The lowest BCUT2D eigenvalue weighted by atomic mass is 10.1. The summed E-state index contributed by atoms with van der Waals surface area (Å²) >= 11 is 19.1. The van der Waals surface area contributed by atoms with Gasteiger partial charge in [-0.3, -0.25) is 5.01 Å². The summed E-state index contributed by atoms with van der Waals surface area (Å²) in [6.07, 6.45) is -0.513. The Morgan fingerprint density at radius 3 is 1.84 bits per heavy atom. The molecule has 0 amide bonds. The zero-order chi connectivity index (χ0) is 22.3. The Morgan fingerprint density at radius 1 is 0.742 bits per heavy atom. The molecule has 0 aromatic heterocycles. The molecule has 0 aliphatic carbocycles. The van der Waals surface area contributed by atoms with E-state index in [1.54, 1.807) is 5.01 Å². The summed E-state index contributed by atoms with van der Waals surface area (Å²) in [6.45, 7) is 5.86. The van der Waals surface area contributed by atoms with Crippen LogP contribution in [0.2, 0.25) is 15.1 Å². The molecule has 0 saturated carbocycles. The number of benzene rings is 3. The lowest BCUT2D eigenvalue weighted by molar-refractivity contribution is 0.333. The van der Waals surface area contributed by atoms with Gasteiger partial charge < -0.3 is 0 Å². The summed E-state index contributed by atoms with van der Waals surface area (Å²) < 4.78 is 0. The molecule has 4 rings (SSSR count). The molecule has 3 aromatic rings. The number of halogens is 3. The van der Waals surface area contributed by atoms with Gasteiger partial charge in [0.25, 0.3) is 0 Å². The second-order valence-electron chi connectivity index (χ2n) is 7.61. The molecule has 1 atom stereocenters. The maximum Gasteiger partial charge on any atom is 0.164 e. The van der Waals surface area contributed by atoms with E-state index >= 15 is 0 Å². The number of hydrogen-bond donors (Lipinski definition) is 1. The molecule has 1 aliphatic rings. The SMILES string of the molecule is Cc1ccc(C2=NC(c3ccc(C)c(Cl)c3)N(N)C(c3ccc(C)c(Cl)c3)=N2)cc1Cl. The average molecular weight is 472 g/mol. The number of aliphatic imine (C=N–C) groups is 2. The van der Waals surface area contributed by atoms with E-state index in [1.807, 2.05) is 75.4 Å². The number of amidine groups is 2. The molecule has 31 heavy (non-hydrogen) atoms. The van der Waals surface area contributed by atoms with Crippen molar-refractivity contribution in [2.24, 2.45) is 15.8 Å². The van der Waals surface area contributed by atoms with Gasteiger partial charge in [0.15, 0.2) is 17.8 Å². The van der Waals surface area contributed by atoms with Crippen molar-refractivity contribution in [1.29, 1.82) is 0 Å². The monoisotopic (exact) mass is 470 g/mol. The second-order valence-corrected chi connectivity index (χ2v) is 8.83. The standard InChI is InChI=1S/C24H21Cl3N4/c1-13-4-7-16(10-19(13)25)22-29-23(17-8-5-14(2)20(26)11-17)31(28)24(30-22)18-9-6-15(3)21(27)12-18/h4-12,23H,28H2,1-3H3. The van der Waals surface area contributed by atoms with Crippen molar-refractivity contribution >= 4 is 46.5 Å². The summed E-state index contributed by atoms with van der Waals surface area (Å²) in [6, 6.07) is 17.3. The Bertz CT molecular complexity index is 1230. The minimum Gasteiger partial charge on any atom is -0.265 e. The number of rotatable bonds is 3. The van der Waals surface area contributed by atoms with Crippen molar-refractivity contribution in [3.8, 4) is 0 Å². The van der Waals surface area contributed by atoms with E-state index in [0.29, 0.717) is 26.7 Å². The topological polar surface area (TPSA) is 54.0 Å². The maximum absolute atomic E-state index is 6.54. The number of aryl methyl sites for hydroxylation is 3. The number of hydrogen-bond acceptors (Lipinski definition) is 4. The number of nitrogens with zero attached hydrogens (tertiary/aromatic N) is 3. The largest absolute Gasteiger partial charge is 0.265 e. The van der Waals surface area contributed by atoms with Crippen LogP contribution in [0.25, 0.3) is 0 Å². The van der Waals surface area contributed by atoms with Crippen LogP contribution in [-0.4, -0.2) is 16.7 Å². The molecule has 3 aromatic carbocycles. The van der Waals surface area contributed by atoms with Gasteiger partial charge in [-0.05, 0) is 61.2 Å². The molecule has 1 heterocycles. The first-order valence-corrected chi connectivity index (χ1v) is 10.9. The van der Waals surface area contributed by atoms with Gasteiger partial charge in [0, 0.05) is 26.2 Å². The predicted molar refractivity (Wildman–Crippen MR) is 130 cm³/mol. The van der Waals surface area contributed by atoms with E-state index in [9.17, 15) is 0 Å².